The van der Waals surface area contributed by atoms with E-state index in [1.54, 1.807) is 0 Å². The van der Waals surface area contributed by atoms with E-state index in [-0.39, 0.29) is 40.4 Å². The Labute approximate surface area is 171 Å². The van der Waals surface area contributed by atoms with Crippen molar-refractivity contribution in [2.45, 2.75) is 12.1 Å². The number of nitrogens with zero attached hydrogens (tertiary/aromatic N) is 1. The zero-order valence-corrected chi connectivity index (χ0v) is 16.8. The summed E-state index contributed by atoms with van der Waals surface area (Å²) in [5, 5.41) is 11.5. The maximum absolute atomic E-state index is 13.6. The van der Waals surface area contributed by atoms with E-state index in [4.69, 9.17) is 18.9 Å². The van der Waals surface area contributed by atoms with E-state index < -0.39 is 23.3 Å². The summed E-state index contributed by atoms with van der Waals surface area (Å²) in [5.41, 5.74) is -2.29. The van der Waals surface area contributed by atoms with Gasteiger partial charge in [0.2, 0.25) is 17.4 Å². The van der Waals surface area contributed by atoms with Crippen LogP contribution in [0.2, 0.25) is 0 Å². The minimum absolute atomic E-state index is 0.0367. The molecule has 2 aromatic carbocycles. The summed E-state index contributed by atoms with van der Waals surface area (Å²) >= 11 is 0. The number of hydrogen-bond acceptors (Lipinski definition) is 8. The molecule has 2 heterocycles. The molecule has 4 rings (SSSR count). The van der Waals surface area contributed by atoms with Crippen LogP contribution in [0.3, 0.4) is 0 Å². The Morgan fingerprint density at radius 1 is 0.900 bits per heavy atom. The van der Waals surface area contributed by atoms with Gasteiger partial charge in [-0.1, -0.05) is 0 Å². The van der Waals surface area contributed by atoms with Gasteiger partial charge in [0.15, 0.2) is 23.0 Å². The Bertz CT molecular complexity index is 1110. The van der Waals surface area contributed by atoms with E-state index in [1.165, 1.54) is 52.7 Å². The van der Waals surface area contributed by atoms with Gasteiger partial charge in [-0.05, 0) is 29.8 Å². The second-order valence-corrected chi connectivity index (χ2v) is 6.80. The van der Waals surface area contributed by atoms with Crippen LogP contribution in [0.4, 0.5) is 0 Å². The van der Waals surface area contributed by atoms with Crippen molar-refractivity contribution in [2.75, 3.05) is 28.4 Å². The van der Waals surface area contributed by atoms with Crippen LogP contribution in [0.1, 0.15) is 31.8 Å². The van der Waals surface area contributed by atoms with Crippen molar-refractivity contribution in [2.24, 2.45) is 0 Å². The summed E-state index contributed by atoms with van der Waals surface area (Å²) < 4.78 is 21.0. The van der Waals surface area contributed by atoms with Gasteiger partial charge >= 0.3 is 0 Å². The molecule has 1 atom stereocenters. The molecule has 0 radical (unpaired) electrons. The number of ether oxygens (including phenoxy) is 4. The van der Waals surface area contributed by atoms with Crippen LogP contribution < -0.4 is 18.9 Å². The quantitative estimate of drug-likeness (QED) is 0.747. The minimum Gasteiger partial charge on any atom is -0.493 e. The number of carbonyl (C=O) groups is 3. The number of rotatable bonds is 4. The van der Waals surface area contributed by atoms with Gasteiger partial charge in [-0.15, -0.1) is 0 Å². The zero-order valence-electron chi connectivity index (χ0n) is 16.8. The number of Topliss-reactive ketones (excluding diaryl/α,β-unsaturated/α-hetero) is 1. The maximum atomic E-state index is 13.6. The third-order valence-electron chi connectivity index (χ3n) is 5.42. The predicted molar refractivity (Wildman–Crippen MR) is 102 cm³/mol. The van der Waals surface area contributed by atoms with Crippen LogP contribution in [-0.2, 0) is 16.9 Å². The van der Waals surface area contributed by atoms with Crippen molar-refractivity contribution in [1.82, 2.24) is 4.90 Å². The molecule has 30 heavy (non-hydrogen) atoms. The highest BCUT2D eigenvalue weighted by atomic mass is 16.5. The number of methoxy groups -OCH3 is 4. The molecule has 1 unspecified atom stereocenters. The van der Waals surface area contributed by atoms with Crippen LogP contribution in [0, 0.1) is 0 Å². The predicted octanol–water partition coefficient (Wildman–Crippen LogP) is 1.29. The lowest BCUT2D eigenvalue weighted by molar-refractivity contribution is -0.142. The highest BCUT2D eigenvalue weighted by Gasteiger charge is 2.60. The van der Waals surface area contributed by atoms with E-state index in [0.717, 1.165) is 0 Å². The molecule has 0 saturated heterocycles. The van der Waals surface area contributed by atoms with E-state index >= 15 is 0 Å². The molecule has 2 aromatic rings. The van der Waals surface area contributed by atoms with Crippen LogP contribution in [-0.4, -0.2) is 56.0 Å². The Balaban J connectivity index is 2.01. The van der Waals surface area contributed by atoms with Gasteiger partial charge < -0.3 is 24.1 Å². The highest BCUT2D eigenvalue weighted by molar-refractivity contribution is 6.20. The SMILES string of the molecule is COc1cc2c(cc1OC)C(=O)C1(O)c3ccc(OC)c(OC)c3C(=O)N1C(=O)C2. The Morgan fingerprint density at radius 2 is 1.53 bits per heavy atom. The number of ketones is 1. The lowest BCUT2D eigenvalue weighted by atomic mass is 9.90. The van der Waals surface area contributed by atoms with Crippen LogP contribution >= 0.6 is 0 Å². The van der Waals surface area contributed by atoms with E-state index in [1.807, 2.05) is 0 Å². The first-order valence-corrected chi connectivity index (χ1v) is 8.98. The first-order valence-electron chi connectivity index (χ1n) is 8.98. The van der Waals surface area contributed by atoms with Crippen LogP contribution in [0.25, 0.3) is 0 Å². The summed E-state index contributed by atoms with van der Waals surface area (Å²) in [5.74, 6) is -1.56. The molecular formula is C21H19NO8. The fourth-order valence-corrected chi connectivity index (χ4v) is 4.04. The number of benzene rings is 2. The lowest BCUT2D eigenvalue weighted by Gasteiger charge is -2.29. The molecule has 1 N–H and O–H groups in total. The fraction of sp³-hybridized carbons (Fsp3) is 0.286. The van der Waals surface area contributed by atoms with E-state index in [0.29, 0.717) is 16.2 Å². The normalized spacial score (nSPS) is 19.6. The van der Waals surface area contributed by atoms with Crippen molar-refractivity contribution in [3.8, 4) is 23.0 Å². The standard InChI is InChI=1S/C21H19NO8/c1-27-13-6-5-12-17(18(13)30-4)20(25)22-16(23)8-10-7-14(28-2)15(29-3)9-11(10)19(24)21(12,22)26/h5-7,9,26H,8H2,1-4H3. The van der Waals surface area contributed by atoms with Crippen molar-refractivity contribution in [3.63, 3.8) is 0 Å². The van der Waals surface area contributed by atoms with Gasteiger partial charge in [0, 0.05) is 11.1 Å². The smallest absolute Gasteiger partial charge is 0.267 e. The summed E-state index contributed by atoms with van der Waals surface area (Å²) in [6, 6.07) is 5.74. The third kappa shape index (κ3) is 2.35. The Morgan fingerprint density at radius 3 is 2.13 bits per heavy atom. The third-order valence-corrected chi connectivity index (χ3v) is 5.42. The van der Waals surface area contributed by atoms with Gasteiger partial charge in [-0.2, -0.15) is 0 Å². The molecule has 9 heteroatoms. The minimum atomic E-state index is -2.52. The molecule has 2 amide bonds. The van der Waals surface area contributed by atoms with Gasteiger partial charge in [0.1, 0.15) is 0 Å². The second kappa shape index (κ2) is 6.74. The van der Waals surface area contributed by atoms with Crippen LogP contribution in [0.15, 0.2) is 24.3 Å². The molecule has 0 aliphatic carbocycles. The average molecular weight is 413 g/mol. The topological polar surface area (TPSA) is 112 Å². The van der Waals surface area contributed by atoms with Crippen molar-refractivity contribution in [1.29, 1.82) is 0 Å². The van der Waals surface area contributed by atoms with Gasteiger partial charge in [-0.25, -0.2) is 4.90 Å². The summed E-state index contributed by atoms with van der Waals surface area (Å²) in [7, 11) is 5.55. The number of fused-ring (bicyclic) bond motifs is 4. The fourth-order valence-electron chi connectivity index (χ4n) is 4.04. The second-order valence-electron chi connectivity index (χ2n) is 6.80. The molecule has 0 fully saturated rings. The highest BCUT2D eigenvalue weighted by Crippen LogP contribution is 2.49. The van der Waals surface area contributed by atoms with E-state index in [9.17, 15) is 19.5 Å². The molecule has 0 saturated carbocycles. The monoisotopic (exact) mass is 413 g/mol. The number of aliphatic hydroxyl groups is 1. The largest absolute Gasteiger partial charge is 0.493 e. The molecule has 2 aliphatic rings. The summed E-state index contributed by atoms with van der Waals surface area (Å²) in [6.45, 7) is 0. The zero-order chi connectivity index (χ0) is 21.8. The molecule has 156 valence electrons. The number of amides is 2. The van der Waals surface area contributed by atoms with Crippen molar-refractivity contribution in [3.05, 3.63) is 46.5 Å². The van der Waals surface area contributed by atoms with Crippen molar-refractivity contribution < 1.29 is 38.4 Å². The molecular weight excluding hydrogens is 394 g/mol. The number of hydrogen-bond donors (Lipinski definition) is 1. The molecule has 0 aromatic heterocycles. The molecule has 0 spiro atoms. The Kier molecular flexibility index (Phi) is 4.43. The number of carbonyl (C=O) groups excluding carboxylic acids is 3. The lowest BCUT2D eigenvalue weighted by Crippen LogP contribution is -2.51. The van der Waals surface area contributed by atoms with Gasteiger partial charge in [-0.3, -0.25) is 14.4 Å². The van der Waals surface area contributed by atoms with Crippen molar-refractivity contribution >= 4 is 17.6 Å². The maximum Gasteiger partial charge on any atom is 0.267 e. The molecule has 9 nitrogen and oxygen atoms in total. The van der Waals surface area contributed by atoms with E-state index in [2.05, 4.69) is 0 Å². The average Bonchev–Trinajstić information content (AvgIpc) is 2.95. The Hall–Kier alpha value is -3.59. The van der Waals surface area contributed by atoms with Gasteiger partial charge in [0.05, 0.1) is 40.4 Å². The van der Waals surface area contributed by atoms with Crippen LogP contribution in [0.5, 0.6) is 23.0 Å². The molecule has 2 aliphatic heterocycles. The number of imide groups is 1. The van der Waals surface area contributed by atoms with Gasteiger partial charge in [0.25, 0.3) is 5.91 Å². The summed E-state index contributed by atoms with van der Waals surface area (Å²) in [6.07, 6.45) is -0.289. The summed E-state index contributed by atoms with van der Waals surface area (Å²) in [4.78, 5) is 40.4. The first kappa shape index (κ1) is 19.7. The first-order chi connectivity index (χ1) is 14.3. The molecule has 0 bridgehead atoms.